The van der Waals surface area contributed by atoms with Crippen molar-refractivity contribution in [1.29, 1.82) is 0 Å². The summed E-state index contributed by atoms with van der Waals surface area (Å²) < 4.78 is 4.76. The molecule has 0 saturated carbocycles. The Kier molecular flexibility index (Phi) is 12.7. The highest BCUT2D eigenvalue weighted by Gasteiger charge is 2.40. The zero-order valence-electron chi connectivity index (χ0n) is 34.0. The number of H-pyrrole nitrogens is 2. The molecule has 2 fully saturated rings. The van der Waals surface area contributed by atoms with E-state index in [2.05, 4.69) is 75.7 Å². The van der Waals surface area contributed by atoms with Gasteiger partial charge in [0, 0.05) is 31.4 Å². The molecule has 2 aromatic carbocycles. The lowest BCUT2D eigenvalue weighted by Crippen LogP contribution is -2.51. The van der Waals surface area contributed by atoms with Gasteiger partial charge in [-0.15, -0.1) is 0 Å². The maximum absolute atomic E-state index is 13.8. The van der Waals surface area contributed by atoms with Crippen molar-refractivity contribution in [2.24, 2.45) is 11.8 Å². The Morgan fingerprint density at radius 2 is 1.40 bits per heavy atom. The maximum atomic E-state index is 13.8. The van der Waals surface area contributed by atoms with Gasteiger partial charge in [-0.05, 0) is 60.6 Å². The molecule has 57 heavy (non-hydrogen) atoms. The monoisotopic (exact) mass is 780 g/mol. The summed E-state index contributed by atoms with van der Waals surface area (Å²) in [5, 5.41) is 12.4. The molecule has 0 unspecified atom stereocenters. The normalized spacial score (nSPS) is 17.9. The average molecular weight is 781 g/mol. The zero-order chi connectivity index (χ0) is 41.0. The molecule has 0 spiro atoms. The van der Waals surface area contributed by atoms with Crippen molar-refractivity contribution < 1.29 is 29.0 Å². The number of aryl methyl sites for hydroxylation is 1. The number of carboxylic acid groups (broad SMARTS) is 1. The van der Waals surface area contributed by atoms with Crippen LogP contribution in [0.5, 0.6) is 0 Å². The molecule has 14 heteroatoms. The number of nitrogens with one attached hydrogen (secondary N) is 3. The van der Waals surface area contributed by atoms with Crippen molar-refractivity contribution in [3.8, 4) is 33.6 Å². The van der Waals surface area contributed by atoms with E-state index in [4.69, 9.17) is 9.72 Å². The van der Waals surface area contributed by atoms with Gasteiger partial charge in [-0.3, -0.25) is 14.5 Å². The Labute approximate surface area is 334 Å². The molecule has 0 radical (unpaired) electrons. The average Bonchev–Trinajstić information content (AvgIpc) is 4.03. The topological polar surface area (TPSA) is 177 Å². The number of nitrogens with zero attached hydrogens (tertiary/aromatic N) is 5. The smallest absolute Gasteiger partial charge is 0.407 e. The van der Waals surface area contributed by atoms with Crippen LogP contribution in [0.4, 0.5) is 9.59 Å². The van der Waals surface area contributed by atoms with Gasteiger partial charge in [-0.25, -0.2) is 19.6 Å². The first kappa shape index (κ1) is 41.0. The number of methoxy groups -OCH3 is 1. The highest BCUT2D eigenvalue weighted by atomic mass is 16.5. The Hall–Kier alpha value is -5.66. The number of aromatic amines is 2. The van der Waals surface area contributed by atoms with Crippen LogP contribution in [0, 0.1) is 11.8 Å². The van der Waals surface area contributed by atoms with Crippen LogP contribution in [0.3, 0.4) is 0 Å². The minimum atomic E-state index is -1.12. The van der Waals surface area contributed by atoms with Crippen LogP contribution >= 0.6 is 0 Å². The lowest BCUT2D eigenvalue weighted by atomic mass is 10.00. The van der Waals surface area contributed by atoms with Crippen molar-refractivity contribution in [2.75, 3.05) is 27.2 Å². The van der Waals surface area contributed by atoms with E-state index in [1.54, 1.807) is 16.0 Å². The van der Waals surface area contributed by atoms with Crippen LogP contribution in [0.2, 0.25) is 0 Å². The van der Waals surface area contributed by atoms with Crippen LogP contribution in [0.15, 0.2) is 54.7 Å². The zero-order valence-corrected chi connectivity index (χ0v) is 34.0. The fraction of sp³-hybridized carbons (Fsp3) is 0.488. The minimum absolute atomic E-state index is 0.109. The van der Waals surface area contributed by atoms with Crippen LogP contribution in [0.1, 0.15) is 96.1 Å². The van der Waals surface area contributed by atoms with E-state index in [1.807, 2.05) is 27.7 Å². The summed E-state index contributed by atoms with van der Waals surface area (Å²) in [5.74, 6) is 0.847. The first-order valence-corrected chi connectivity index (χ1v) is 20.1. The fourth-order valence-corrected chi connectivity index (χ4v) is 8.27. The van der Waals surface area contributed by atoms with Gasteiger partial charge >= 0.3 is 12.2 Å². The number of imidazole rings is 2. The van der Waals surface area contributed by atoms with E-state index in [0.717, 1.165) is 94.4 Å². The SMILES string of the molecule is CCCc1[nH]c([C@@H]2CCCN2C(=O)[C@H](C(C)C)N(C)C(=O)O)nc1-c1ccc(-c2ccc(-c3cnc([C@@H]4CCCN4C(=O)[C@@H](NC(=O)OC)C(C)C)[nH]3)cc2)cc1. The van der Waals surface area contributed by atoms with Crippen LogP contribution in [-0.2, 0) is 20.7 Å². The summed E-state index contributed by atoms with van der Waals surface area (Å²) in [7, 11) is 2.75. The van der Waals surface area contributed by atoms with E-state index in [-0.39, 0.29) is 35.7 Å². The van der Waals surface area contributed by atoms with Gasteiger partial charge in [0.05, 0.1) is 36.8 Å². The molecule has 4 atom stereocenters. The number of rotatable bonds is 13. The van der Waals surface area contributed by atoms with E-state index < -0.39 is 24.3 Å². The molecule has 2 saturated heterocycles. The van der Waals surface area contributed by atoms with E-state index >= 15 is 0 Å². The van der Waals surface area contributed by atoms with Crippen LogP contribution in [-0.4, -0.2) is 103 Å². The second kappa shape index (κ2) is 17.6. The molecular weight excluding hydrogens is 725 g/mol. The number of hydrogen-bond donors (Lipinski definition) is 4. The van der Waals surface area contributed by atoms with E-state index in [0.29, 0.717) is 13.1 Å². The fourth-order valence-electron chi connectivity index (χ4n) is 8.27. The number of alkyl carbamates (subject to hydrolysis) is 1. The Balaban J connectivity index is 1.16. The number of amides is 4. The lowest BCUT2D eigenvalue weighted by Gasteiger charge is -2.33. The molecule has 4 amide bonds. The Morgan fingerprint density at radius 3 is 1.95 bits per heavy atom. The Morgan fingerprint density at radius 1 is 0.842 bits per heavy atom. The first-order valence-electron chi connectivity index (χ1n) is 20.1. The quantitative estimate of drug-likeness (QED) is 0.108. The number of ether oxygens (including phenoxy) is 1. The molecule has 0 aliphatic carbocycles. The summed E-state index contributed by atoms with van der Waals surface area (Å²) in [6.45, 7) is 10.8. The molecule has 14 nitrogen and oxygen atoms in total. The second-order valence-electron chi connectivity index (χ2n) is 15.9. The summed E-state index contributed by atoms with van der Waals surface area (Å²) in [4.78, 5) is 72.6. The van der Waals surface area contributed by atoms with Gasteiger partial charge in [-0.1, -0.05) is 89.6 Å². The molecule has 4 N–H and O–H groups in total. The van der Waals surface area contributed by atoms with Gasteiger partial charge in [0.1, 0.15) is 23.7 Å². The van der Waals surface area contributed by atoms with Crippen LogP contribution in [0.25, 0.3) is 33.6 Å². The Bertz CT molecular complexity index is 2040. The number of likely N-dealkylation sites (tertiary alicyclic amines) is 2. The predicted octanol–water partition coefficient (Wildman–Crippen LogP) is 7.43. The highest BCUT2D eigenvalue weighted by Crippen LogP contribution is 2.36. The van der Waals surface area contributed by atoms with E-state index in [9.17, 15) is 24.3 Å². The summed E-state index contributed by atoms with van der Waals surface area (Å²) >= 11 is 0. The third-order valence-electron chi connectivity index (χ3n) is 11.3. The number of hydrogen-bond acceptors (Lipinski definition) is 7. The van der Waals surface area contributed by atoms with Crippen molar-refractivity contribution in [1.82, 2.24) is 40.0 Å². The first-order chi connectivity index (χ1) is 27.3. The third kappa shape index (κ3) is 8.69. The summed E-state index contributed by atoms with van der Waals surface area (Å²) in [6, 6.07) is 14.7. The van der Waals surface area contributed by atoms with Crippen molar-refractivity contribution in [3.05, 3.63) is 72.1 Å². The summed E-state index contributed by atoms with van der Waals surface area (Å²) in [5.41, 5.74) is 6.80. The number of likely N-dealkylation sites (N-methyl/N-ethyl adjacent to an activating group) is 1. The number of carbonyl (C=O) groups excluding carboxylic acids is 3. The standard InChI is InChI=1S/C43H56N8O6/c1-8-11-31-36(47-39(45-31)34-13-10-23-51(34)41(53)37(26(4)5)49(6)43(55)56)30-20-16-28(17-21-30)27-14-18-29(19-15-27)32-24-44-38(46-32)33-12-9-22-50(33)40(52)35(25(2)3)48-42(54)57-7/h14-21,24-26,33-35,37H,8-13,22-23H2,1-7H3,(H,44,46)(H,45,47)(H,48,54)(H,55,56)/t33-,34-,35-,37-/m0/s1. The number of benzene rings is 2. The summed E-state index contributed by atoms with van der Waals surface area (Å²) in [6.07, 6.45) is 4.99. The van der Waals surface area contributed by atoms with Crippen molar-refractivity contribution in [3.63, 3.8) is 0 Å². The second-order valence-corrected chi connectivity index (χ2v) is 15.9. The molecule has 4 aromatic rings. The molecule has 304 valence electrons. The molecule has 6 rings (SSSR count). The van der Waals surface area contributed by atoms with Gasteiger partial charge in [0.15, 0.2) is 0 Å². The van der Waals surface area contributed by atoms with Gasteiger partial charge in [-0.2, -0.15) is 0 Å². The molecular formula is C43H56N8O6. The van der Waals surface area contributed by atoms with Gasteiger partial charge in [0.25, 0.3) is 0 Å². The van der Waals surface area contributed by atoms with E-state index in [1.165, 1.54) is 14.2 Å². The molecule has 2 aromatic heterocycles. The van der Waals surface area contributed by atoms with Crippen LogP contribution < -0.4 is 5.32 Å². The molecule has 0 bridgehead atoms. The third-order valence-corrected chi connectivity index (χ3v) is 11.3. The van der Waals surface area contributed by atoms with Crippen molar-refractivity contribution >= 4 is 24.0 Å². The van der Waals surface area contributed by atoms with Crippen molar-refractivity contribution in [2.45, 2.75) is 97.3 Å². The number of carbonyl (C=O) groups is 4. The largest absolute Gasteiger partial charge is 0.465 e. The number of aromatic nitrogens is 4. The molecule has 2 aliphatic heterocycles. The predicted molar refractivity (Wildman–Crippen MR) is 217 cm³/mol. The van der Waals surface area contributed by atoms with Gasteiger partial charge in [0.2, 0.25) is 11.8 Å². The van der Waals surface area contributed by atoms with Gasteiger partial charge < -0.3 is 34.9 Å². The highest BCUT2D eigenvalue weighted by molar-refractivity contribution is 5.87. The maximum Gasteiger partial charge on any atom is 0.407 e. The molecule has 4 heterocycles. The molecule has 2 aliphatic rings. The minimum Gasteiger partial charge on any atom is -0.465 e. The lowest BCUT2D eigenvalue weighted by molar-refractivity contribution is -0.138.